The molecule has 0 bridgehead atoms. The van der Waals surface area contributed by atoms with Gasteiger partial charge in [-0.1, -0.05) is 58.4 Å². The highest BCUT2D eigenvalue weighted by molar-refractivity contribution is 5.65. The second-order valence-electron chi connectivity index (χ2n) is 16.7. The molecule has 1 heterocycles. The summed E-state index contributed by atoms with van der Waals surface area (Å²) in [7, 11) is 0. The number of hydrogen-bond donors (Lipinski definition) is 6. The van der Waals surface area contributed by atoms with E-state index >= 15 is 0 Å². The van der Waals surface area contributed by atoms with Crippen molar-refractivity contribution in [1.29, 1.82) is 0 Å². The van der Waals surface area contributed by atoms with E-state index in [4.69, 9.17) is 9.47 Å². The van der Waals surface area contributed by atoms with Crippen LogP contribution in [0.5, 0.6) is 0 Å². The van der Waals surface area contributed by atoms with Gasteiger partial charge in [0.15, 0.2) is 6.29 Å². The van der Waals surface area contributed by atoms with Crippen molar-refractivity contribution < 1.29 is 44.9 Å². The van der Waals surface area contributed by atoms with E-state index in [0.717, 1.165) is 44.1 Å². The van der Waals surface area contributed by atoms with Gasteiger partial charge in [0, 0.05) is 16.7 Å². The summed E-state index contributed by atoms with van der Waals surface area (Å²) >= 11 is 0. The first-order chi connectivity index (χ1) is 20.9. The Balaban J connectivity index is 1.31. The monoisotopic (exact) mass is 634 g/mol. The maximum absolute atomic E-state index is 13.2. The maximum atomic E-state index is 13.2. The Labute approximate surface area is 268 Å². The SMILES string of the molecule is C[C@H](C/C=C/C(C)(C)O[C@@H]1O[C@H](CO)[C@@H](O)[C@H](O)[C@H]1O)[C@H]1CC[C@@]2(C)[C@@H]3[C@@H](O)C=C4[C@@H](CC[C@H](O)C4(C)C)[C@]3(C=O)CC[C@]12C. The van der Waals surface area contributed by atoms with Crippen LogP contribution in [-0.2, 0) is 14.3 Å². The first-order valence-electron chi connectivity index (χ1n) is 17.1. The van der Waals surface area contributed by atoms with Crippen molar-refractivity contribution in [3.8, 4) is 0 Å². The van der Waals surface area contributed by atoms with Crippen LogP contribution in [0.2, 0.25) is 0 Å². The van der Waals surface area contributed by atoms with E-state index in [9.17, 15) is 35.4 Å². The van der Waals surface area contributed by atoms with Gasteiger partial charge >= 0.3 is 0 Å². The molecule has 1 aliphatic heterocycles. The van der Waals surface area contributed by atoms with E-state index in [2.05, 4.69) is 26.8 Å². The summed E-state index contributed by atoms with van der Waals surface area (Å²) in [5, 5.41) is 62.8. The molecule has 5 rings (SSSR count). The second kappa shape index (κ2) is 12.1. The average molecular weight is 635 g/mol. The third kappa shape index (κ3) is 5.41. The standard InChI is InChI=1S/C36H58O9/c1-20(9-8-13-32(2,3)45-31-29(43)28(42)27(41)25(18-37)44-31)21-12-14-35(7)30-24(39)17-23-22(10-11-26(40)33(23,4)5)36(30,19-38)16-15-34(21,35)6/h8,13,17,19-22,24-31,37,39-43H,9-12,14-16,18H2,1-7H3/b13-8+/t20-,21-,22-,24+,25-,26+,27-,28+,29-,30+,31+,34-,35+,36-/m1/s1. The smallest absolute Gasteiger partial charge is 0.187 e. The molecule has 0 spiro atoms. The molecule has 0 radical (unpaired) electrons. The maximum Gasteiger partial charge on any atom is 0.187 e. The molecule has 1 saturated heterocycles. The van der Waals surface area contributed by atoms with Crippen LogP contribution in [-0.4, -0.2) is 92.0 Å². The molecule has 5 aliphatic rings. The van der Waals surface area contributed by atoms with Crippen molar-refractivity contribution in [3.05, 3.63) is 23.8 Å². The Morgan fingerprint density at radius 2 is 1.67 bits per heavy atom. The number of carbonyl (C=O) groups is 1. The summed E-state index contributed by atoms with van der Waals surface area (Å²) in [6, 6.07) is 0. The van der Waals surface area contributed by atoms with Gasteiger partial charge in [-0.15, -0.1) is 0 Å². The molecule has 0 amide bonds. The Bertz CT molecular complexity index is 1160. The van der Waals surface area contributed by atoms with E-state index in [1.165, 1.54) is 6.29 Å². The number of fused-ring (bicyclic) bond motifs is 5. The lowest BCUT2D eigenvalue weighted by Crippen LogP contribution is -2.64. The molecule has 14 atom stereocenters. The van der Waals surface area contributed by atoms with Crippen molar-refractivity contribution in [1.82, 2.24) is 0 Å². The Hall–Kier alpha value is -1.17. The molecule has 9 nitrogen and oxygen atoms in total. The third-order valence-corrected chi connectivity index (χ3v) is 13.7. The molecule has 9 heteroatoms. The molecule has 256 valence electrons. The van der Waals surface area contributed by atoms with E-state index in [-0.39, 0.29) is 22.7 Å². The number of allylic oxidation sites excluding steroid dienone is 1. The highest BCUT2D eigenvalue weighted by Crippen LogP contribution is 2.74. The van der Waals surface area contributed by atoms with Crippen LogP contribution >= 0.6 is 0 Å². The van der Waals surface area contributed by atoms with Crippen LogP contribution in [0.3, 0.4) is 0 Å². The van der Waals surface area contributed by atoms with Crippen LogP contribution in [0.1, 0.15) is 93.4 Å². The van der Waals surface area contributed by atoms with Gasteiger partial charge in [0.25, 0.3) is 0 Å². The molecular formula is C36H58O9. The molecule has 6 N–H and O–H groups in total. The first-order valence-corrected chi connectivity index (χ1v) is 17.1. The lowest BCUT2D eigenvalue weighted by atomic mass is 9.38. The van der Waals surface area contributed by atoms with Gasteiger partial charge in [-0.3, -0.25) is 0 Å². The summed E-state index contributed by atoms with van der Waals surface area (Å²) < 4.78 is 11.6. The van der Waals surface area contributed by atoms with Gasteiger partial charge in [0.1, 0.15) is 30.7 Å². The van der Waals surface area contributed by atoms with Crippen molar-refractivity contribution in [2.75, 3.05) is 6.61 Å². The van der Waals surface area contributed by atoms with Gasteiger partial charge in [-0.25, -0.2) is 0 Å². The van der Waals surface area contributed by atoms with Gasteiger partial charge in [0.05, 0.1) is 24.4 Å². The first kappa shape index (κ1) is 35.1. The quantitative estimate of drug-likeness (QED) is 0.174. The molecule has 3 saturated carbocycles. The molecule has 4 aliphatic carbocycles. The van der Waals surface area contributed by atoms with E-state index < -0.39 is 66.0 Å². The summed E-state index contributed by atoms with van der Waals surface area (Å²) in [6.45, 7) is 14.2. The number of carbonyl (C=O) groups excluding carboxylic acids is 1. The van der Waals surface area contributed by atoms with Crippen LogP contribution in [0.15, 0.2) is 23.8 Å². The van der Waals surface area contributed by atoms with E-state index in [1.807, 2.05) is 39.8 Å². The zero-order valence-corrected chi connectivity index (χ0v) is 28.2. The highest BCUT2D eigenvalue weighted by Gasteiger charge is 2.70. The molecule has 0 unspecified atom stereocenters. The zero-order valence-electron chi connectivity index (χ0n) is 28.2. The van der Waals surface area contributed by atoms with Crippen LogP contribution < -0.4 is 0 Å². The van der Waals surface area contributed by atoms with Crippen molar-refractivity contribution >= 4 is 6.29 Å². The Morgan fingerprint density at radius 1 is 0.978 bits per heavy atom. The zero-order chi connectivity index (χ0) is 33.3. The molecule has 0 aromatic carbocycles. The molecular weight excluding hydrogens is 576 g/mol. The number of rotatable bonds is 8. The van der Waals surface area contributed by atoms with Crippen molar-refractivity contribution in [2.45, 2.75) is 142 Å². The fourth-order valence-electron chi connectivity index (χ4n) is 10.8. The minimum Gasteiger partial charge on any atom is -0.394 e. The number of hydrogen-bond acceptors (Lipinski definition) is 9. The number of ether oxygens (including phenoxy) is 2. The second-order valence-corrected chi connectivity index (χ2v) is 16.7. The lowest BCUT2D eigenvalue weighted by Gasteiger charge is -2.66. The van der Waals surface area contributed by atoms with Crippen LogP contribution in [0.25, 0.3) is 0 Å². The minimum absolute atomic E-state index is 0.0495. The van der Waals surface area contributed by atoms with Crippen molar-refractivity contribution in [2.24, 2.45) is 45.3 Å². The Kier molecular flexibility index (Phi) is 9.42. The average Bonchev–Trinajstić information content (AvgIpc) is 3.25. The van der Waals surface area contributed by atoms with Gasteiger partial charge in [-0.2, -0.15) is 0 Å². The fourth-order valence-corrected chi connectivity index (χ4v) is 10.8. The largest absolute Gasteiger partial charge is 0.394 e. The molecule has 45 heavy (non-hydrogen) atoms. The Morgan fingerprint density at radius 3 is 2.31 bits per heavy atom. The van der Waals surface area contributed by atoms with Crippen molar-refractivity contribution in [3.63, 3.8) is 0 Å². The number of aliphatic hydroxyl groups is 6. The minimum atomic E-state index is -1.49. The normalized spacial score (nSPS) is 48.7. The predicted molar refractivity (Wildman–Crippen MR) is 169 cm³/mol. The predicted octanol–water partition coefficient (Wildman–Crippen LogP) is 3.28. The summed E-state index contributed by atoms with van der Waals surface area (Å²) in [6.07, 6.45) is 5.26. The summed E-state index contributed by atoms with van der Waals surface area (Å²) in [5.41, 5.74) is -1.17. The van der Waals surface area contributed by atoms with Gasteiger partial charge in [0.2, 0.25) is 0 Å². The molecule has 0 aromatic rings. The topological polar surface area (TPSA) is 157 Å². The van der Waals surface area contributed by atoms with Crippen LogP contribution in [0.4, 0.5) is 0 Å². The van der Waals surface area contributed by atoms with E-state index in [1.54, 1.807) is 0 Å². The summed E-state index contributed by atoms with van der Waals surface area (Å²) in [4.78, 5) is 13.2. The molecule has 0 aromatic heterocycles. The summed E-state index contributed by atoms with van der Waals surface area (Å²) in [5.74, 6) is 0.608. The van der Waals surface area contributed by atoms with Crippen LogP contribution in [0, 0.1) is 45.3 Å². The molecule has 4 fully saturated rings. The lowest BCUT2D eigenvalue weighted by molar-refractivity contribution is -0.317. The van der Waals surface area contributed by atoms with Gasteiger partial charge < -0.3 is 44.9 Å². The van der Waals surface area contributed by atoms with Gasteiger partial charge in [-0.05, 0) is 87.4 Å². The number of aldehydes is 1. The third-order valence-electron chi connectivity index (χ3n) is 13.7. The highest BCUT2D eigenvalue weighted by atomic mass is 16.7. The number of aliphatic hydroxyl groups excluding tert-OH is 6. The fraction of sp³-hybridized carbons (Fsp3) is 0.861. The van der Waals surface area contributed by atoms with E-state index in [0.29, 0.717) is 18.3 Å².